The van der Waals surface area contributed by atoms with Gasteiger partial charge in [0.15, 0.2) is 0 Å². The summed E-state index contributed by atoms with van der Waals surface area (Å²) in [4.78, 5) is 13.5. The van der Waals surface area contributed by atoms with Crippen LogP contribution in [0, 0.1) is 6.92 Å². The number of benzene rings is 1. The summed E-state index contributed by atoms with van der Waals surface area (Å²) in [5.41, 5.74) is 1.60. The first kappa shape index (κ1) is 13.2. The Kier molecular flexibility index (Phi) is 4.50. The molecule has 0 aliphatic heterocycles. The number of halogens is 1. The van der Waals surface area contributed by atoms with Gasteiger partial charge in [-0.1, -0.05) is 15.9 Å². The van der Waals surface area contributed by atoms with Crippen LogP contribution in [-0.4, -0.2) is 35.6 Å². The molecule has 4 heteroatoms. The summed E-state index contributed by atoms with van der Waals surface area (Å²) < 4.78 is 0.958. The summed E-state index contributed by atoms with van der Waals surface area (Å²) in [6.07, 6.45) is -0.510. The quantitative estimate of drug-likeness (QED) is 0.925. The van der Waals surface area contributed by atoms with Crippen molar-refractivity contribution in [1.29, 1.82) is 0 Å². The largest absolute Gasteiger partial charge is 0.392 e. The first-order chi connectivity index (χ1) is 7.41. The van der Waals surface area contributed by atoms with Gasteiger partial charge in [0.25, 0.3) is 5.91 Å². The molecule has 0 bridgehead atoms. The van der Waals surface area contributed by atoms with Gasteiger partial charge in [-0.25, -0.2) is 0 Å². The van der Waals surface area contributed by atoms with Crippen molar-refractivity contribution >= 4 is 21.8 Å². The van der Waals surface area contributed by atoms with Crippen molar-refractivity contribution in [3.8, 4) is 0 Å². The molecule has 0 aliphatic rings. The third-order valence-electron chi connectivity index (χ3n) is 2.30. The number of carbonyl (C=O) groups excluding carboxylic acids is 1. The van der Waals surface area contributed by atoms with Crippen molar-refractivity contribution in [2.45, 2.75) is 20.0 Å². The highest BCUT2D eigenvalue weighted by Crippen LogP contribution is 2.17. The molecule has 0 heterocycles. The molecule has 0 saturated carbocycles. The average molecular weight is 286 g/mol. The standard InChI is InChI=1S/C12H16BrNO2/c1-8-6-10(13)4-5-11(8)12(16)14(3)7-9(2)15/h4-6,9,15H,7H2,1-3H3. The molecular weight excluding hydrogens is 270 g/mol. The van der Waals surface area contributed by atoms with Crippen LogP contribution in [0.15, 0.2) is 22.7 Å². The van der Waals surface area contributed by atoms with Gasteiger partial charge >= 0.3 is 0 Å². The van der Waals surface area contributed by atoms with E-state index in [1.165, 1.54) is 4.90 Å². The maximum Gasteiger partial charge on any atom is 0.253 e. The molecule has 1 unspecified atom stereocenters. The smallest absolute Gasteiger partial charge is 0.253 e. The van der Waals surface area contributed by atoms with Crippen LogP contribution in [0.5, 0.6) is 0 Å². The molecule has 1 N–H and O–H groups in total. The molecular formula is C12H16BrNO2. The van der Waals surface area contributed by atoms with E-state index in [2.05, 4.69) is 15.9 Å². The Labute approximate surface area is 104 Å². The first-order valence-electron chi connectivity index (χ1n) is 5.11. The minimum absolute atomic E-state index is 0.0640. The third kappa shape index (κ3) is 3.32. The van der Waals surface area contributed by atoms with Gasteiger partial charge in [-0.15, -0.1) is 0 Å². The highest BCUT2D eigenvalue weighted by atomic mass is 79.9. The van der Waals surface area contributed by atoms with E-state index >= 15 is 0 Å². The third-order valence-corrected chi connectivity index (χ3v) is 2.80. The summed E-state index contributed by atoms with van der Waals surface area (Å²) in [6, 6.07) is 5.54. The topological polar surface area (TPSA) is 40.5 Å². The molecule has 1 rings (SSSR count). The predicted octanol–water partition coefficient (Wildman–Crippen LogP) is 2.21. The van der Waals surface area contributed by atoms with Crippen molar-refractivity contribution in [2.24, 2.45) is 0 Å². The summed E-state index contributed by atoms with van der Waals surface area (Å²) in [7, 11) is 1.69. The second-order valence-electron chi connectivity index (χ2n) is 3.99. The highest BCUT2D eigenvalue weighted by Gasteiger charge is 2.15. The Bertz CT molecular complexity index is 391. The van der Waals surface area contributed by atoms with Crippen LogP contribution in [0.3, 0.4) is 0 Å². The van der Waals surface area contributed by atoms with Crippen molar-refractivity contribution in [3.05, 3.63) is 33.8 Å². The monoisotopic (exact) mass is 285 g/mol. The van der Waals surface area contributed by atoms with Crippen LogP contribution >= 0.6 is 15.9 Å². The number of carbonyl (C=O) groups is 1. The van der Waals surface area contributed by atoms with Gasteiger partial charge in [-0.05, 0) is 37.6 Å². The van der Waals surface area contributed by atoms with E-state index in [0.29, 0.717) is 12.1 Å². The van der Waals surface area contributed by atoms with E-state index < -0.39 is 6.10 Å². The zero-order valence-corrected chi connectivity index (χ0v) is 11.3. The van der Waals surface area contributed by atoms with Gasteiger partial charge in [0.2, 0.25) is 0 Å². The Balaban J connectivity index is 2.88. The van der Waals surface area contributed by atoms with Crippen molar-refractivity contribution in [1.82, 2.24) is 4.90 Å². The molecule has 16 heavy (non-hydrogen) atoms. The number of aryl methyl sites for hydroxylation is 1. The summed E-state index contributed by atoms with van der Waals surface area (Å²) in [6.45, 7) is 3.90. The normalized spacial score (nSPS) is 12.3. The Hall–Kier alpha value is -0.870. The average Bonchev–Trinajstić information content (AvgIpc) is 2.15. The minimum atomic E-state index is -0.510. The second-order valence-corrected chi connectivity index (χ2v) is 4.91. The van der Waals surface area contributed by atoms with Crippen molar-refractivity contribution < 1.29 is 9.90 Å². The molecule has 1 amide bonds. The fourth-order valence-corrected chi connectivity index (χ4v) is 2.03. The number of nitrogens with zero attached hydrogens (tertiary/aromatic N) is 1. The molecule has 0 fully saturated rings. The molecule has 3 nitrogen and oxygen atoms in total. The van der Waals surface area contributed by atoms with Gasteiger partial charge in [0.05, 0.1) is 6.10 Å². The molecule has 88 valence electrons. The zero-order chi connectivity index (χ0) is 12.3. The van der Waals surface area contributed by atoms with E-state index in [-0.39, 0.29) is 5.91 Å². The lowest BCUT2D eigenvalue weighted by Gasteiger charge is -2.19. The molecule has 0 aliphatic carbocycles. The molecule has 0 radical (unpaired) electrons. The highest BCUT2D eigenvalue weighted by molar-refractivity contribution is 9.10. The Morgan fingerprint density at radius 2 is 2.19 bits per heavy atom. The maximum atomic E-state index is 12.0. The van der Waals surface area contributed by atoms with E-state index in [9.17, 15) is 9.90 Å². The minimum Gasteiger partial charge on any atom is -0.392 e. The summed E-state index contributed by atoms with van der Waals surface area (Å²) in [5, 5.41) is 9.23. The maximum absolute atomic E-state index is 12.0. The van der Waals surface area contributed by atoms with Crippen LogP contribution in [0.25, 0.3) is 0 Å². The molecule has 1 aromatic rings. The van der Waals surface area contributed by atoms with Crippen LogP contribution in [0.4, 0.5) is 0 Å². The van der Waals surface area contributed by atoms with Crippen LogP contribution < -0.4 is 0 Å². The van der Waals surface area contributed by atoms with E-state index in [4.69, 9.17) is 0 Å². The summed E-state index contributed by atoms with van der Waals surface area (Å²) >= 11 is 3.36. The number of rotatable bonds is 3. The second kappa shape index (κ2) is 5.46. The number of aliphatic hydroxyl groups excluding tert-OH is 1. The molecule has 1 aromatic carbocycles. The van der Waals surface area contributed by atoms with Gasteiger partial charge < -0.3 is 10.0 Å². The lowest BCUT2D eigenvalue weighted by molar-refractivity contribution is 0.0703. The molecule has 1 atom stereocenters. The lowest BCUT2D eigenvalue weighted by atomic mass is 10.1. The van der Waals surface area contributed by atoms with Crippen molar-refractivity contribution in [3.63, 3.8) is 0 Å². The van der Waals surface area contributed by atoms with Crippen LogP contribution in [0.2, 0.25) is 0 Å². The van der Waals surface area contributed by atoms with Crippen molar-refractivity contribution in [2.75, 3.05) is 13.6 Å². The number of likely N-dealkylation sites (N-methyl/N-ethyl adjacent to an activating group) is 1. The predicted molar refractivity (Wildman–Crippen MR) is 67.5 cm³/mol. The lowest BCUT2D eigenvalue weighted by Crippen LogP contribution is -2.33. The number of amides is 1. The zero-order valence-electron chi connectivity index (χ0n) is 9.70. The SMILES string of the molecule is Cc1cc(Br)ccc1C(=O)N(C)CC(C)O. The first-order valence-corrected chi connectivity index (χ1v) is 5.90. The van der Waals surface area contributed by atoms with Crippen LogP contribution in [-0.2, 0) is 0 Å². The van der Waals surface area contributed by atoms with Gasteiger partial charge in [0.1, 0.15) is 0 Å². The van der Waals surface area contributed by atoms with Crippen LogP contribution in [0.1, 0.15) is 22.8 Å². The molecule has 0 spiro atoms. The fraction of sp³-hybridized carbons (Fsp3) is 0.417. The fourth-order valence-electron chi connectivity index (χ4n) is 1.55. The van der Waals surface area contributed by atoms with Gasteiger partial charge in [-0.3, -0.25) is 4.79 Å². The summed E-state index contributed by atoms with van der Waals surface area (Å²) in [5.74, 6) is -0.0640. The Morgan fingerprint density at radius 1 is 1.56 bits per heavy atom. The van der Waals surface area contributed by atoms with Gasteiger partial charge in [-0.2, -0.15) is 0 Å². The number of aliphatic hydroxyl groups is 1. The van der Waals surface area contributed by atoms with Gasteiger partial charge in [0, 0.05) is 23.6 Å². The number of hydrogen-bond donors (Lipinski definition) is 1. The molecule has 0 aromatic heterocycles. The van der Waals surface area contributed by atoms with E-state index in [1.807, 2.05) is 19.1 Å². The van der Waals surface area contributed by atoms with E-state index in [1.54, 1.807) is 20.0 Å². The Morgan fingerprint density at radius 3 is 2.69 bits per heavy atom. The molecule has 0 saturated heterocycles. The number of hydrogen-bond acceptors (Lipinski definition) is 2. The van der Waals surface area contributed by atoms with E-state index in [0.717, 1.165) is 10.0 Å².